The van der Waals surface area contributed by atoms with Crippen LogP contribution in [-0.2, 0) is 0 Å². The van der Waals surface area contributed by atoms with E-state index < -0.39 is 0 Å². The van der Waals surface area contributed by atoms with Crippen molar-refractivity contribution in [2.24, 2.45) is 0 Å². The number of thioether (sulfide) groups is 1. The molecular weight excluding hydrogens is 448 g/mol. The molecule has 0 spiro atoms. The van der Waals surface area contributed by atoms with Gasteiger partial charge in [0.2, 0.25) is 0 Å². The third kappa shape index (κ3) is 4.36. The van der Waals surface area contributed by atoms with E-state index >= 15 is 0 Å². The van der Waals surface area contributed by atoms with E-state index in [1.807, 2.05) is 47.8 Å². The Bertz CT molecular complexity index is 1530. The minimum atomic E-state index is -0.176. The number of aromatic nitrogens is 2. The molecule has 3 aromatic carbocycles. The molecule has 5 rings (SSSR count). The average molecular weight is 471 g/mol. The Morgan fingerprint density at radius 1 is 1.03 bits per heavy atom. The zero-order chi connectivity index (χ0) is 22.9. The molecule has 2 aromatic heterocycles. The number of nitrogens with zero attached hydrogens (tertiary/aromatic N) is 1. The molecule has 0 aliphatic rings. The molecule has 0 fully saturated rings. The highest BCUT2D eigenvalue weighted by atomic mass is 32.2. The highest BCUT2D eigenvalue weighted by molar-refractivity contribution is 7.99. The lowest BCUT2D eigenvalue weighted by atomic mass is 9.99. The Hall–Kier alpha value is -3.22. The first kappa shape index (κ1) is 21.6. The molecule has 0 aliphatic carbocycles. The predicted octanol–water partition coefficient (Wildman–Crippen LogP) is 6.90. The topological polar surface area (TPSA) is 62.8 Å². The summed E-state index contributed by atoms with van der Waals surface area (Å²) in [5, 5.41) is 5.18. The van der Waals surface area contributed by atoms with Gasteiger partial charge in [-0.05, 0) is 33.9 Å². The maximum atomic E-state index is 12.9. The summed E-state index contributed by atoms with van der Waals surface area (Å²) < 4.78 is 0. The van der Waals surface area contributed by atoms with Crippen molar-refractivity contribution in [1.82, 2.24) is 9.97 Å². The number of H-pyrrole nitrogens is 1. The zero-order valence-electron chi connectivity index (χ0n) is 18.3. The lowest BCUT2D eigenvalue weighted by molar-refractivity contribution is 0.102. The first-order valence-corrected chi connectivity index (χ1v) is 12.6. The van der Waals surface area contributed by atoms with Crippen LogP contribution in [0.1, 0.15) is 35.7 Å². The molecule has 164 valence electrons. The van der Waals surface area contributed by atoms with Gasteiger partial charge in [0.1, 0.15) is 4.83 Å². The molecule has 0 saturated carbocycles. The van der Waals surface area contributed by atoms with E-state index in [2.05, 4.69) is 48.1 Å². The van der Waals surface area contributed by atoms with Crippen LogP contribution in [-0.4, -0.2) is 21.5 Å². The number of carbonyl (C=O) groups is 1. The molecule has 0 saturated heterocycles. The fourth-order valence-corrected chi connectivity index (χ4v) is 5.60. The van der Waals surface area contributed by atoms with Crippen molar-refractivity contribution in [3.8, 4) is 11.1 Å². The van der Waals surface area contributed by atoms with Gasteiger partial charge < -0.3 is 4.98 Å². The Labute approximate surface area is 199 Å². The number of Topliss-reactive ketones (excluding diaryl/α,β-unsaturated/α-hetero) is 1. The first-order valence-electron chi connectivity index (χ1n) is 10.8. The standard InChI is InChI=1S/C27H22N2O2S2/c1-16(2)17-7-10-19(11-8-17)22-14-32-26-24(22)25(31)28-27(29-26)33-15-23(30)21-12-9-18-5-3-4-6-20(18)13-21/h3-14,16H,15H2,1-2H3,(H,28,29,31). The molecule has 0 bridgehead atoms. The van der Waals surface area contributed by atoms with E-state index in [-0.39, 0.29) is 17.1 Å². The van der Waals surface area contributed by atoms with Crippen LogP contribution in [0, 0.1) is 0 Å². The minimum absolute atomic E-state index is 0.00519. The lowest BCUT2D eigenvalue weighted by Gasteiger charge is -2.06. The second-order valence-electron chi connectivity index (χ2n) is 8.25. The minimum Gasteiger partial charge on any atom is -0.301 e. The smallest absolute Gasteiger partial charge is 0.260 e. The summed E-state index contributed by atoms with van der Waals surface area (Å²) in [6.45, 7) is 4.32. The number of benzene rings is 3. The van der Waals surface area contributed by atoms with Crippen molar-refractivity contribution in [3.63, 3.8) is 0 Å². The Morgan fingerprint density at radius 3 is 2.55 bits per heavy atom. The SMILES string of the molecule is CC(C)c1ccc(-c2csc3nc(SCC(=O)c4ccc5ccccc5c4)[nH]c(=O)c23)cc1. The van der Waals surface area contributed by atoms with Gasteiger partial charge in [0.05, 0.1) is 11.1 Å². The van der Waals surface area contributed by atoms with Crippen LogP contribution in [0.3, 0.4) is 0 Å². The number of hydrogen-bond acceptors (Lipinski definition) is 5. The van der Waals surface area contributed by atoms with Crippen LogP contribution in [0.15, 0.2) is 82.1 Å². The number of ketones is 1. The van der Waals surface area contributed by atoms with Gasteiger partial charge >= 0.3 is 0 Å². The van der Waals surface area contributed by atoms with Crippen molar-refractivity contribution in [3.05, 3.63) is 93.6 Å². The summed E-state index contributed by atoms with van der Waals surface area (Å²) in [7, 11) is 0. The number of nitrogens with one attached hydrogen (secondary N) is 1. The fraction of sp³-hybridized carbons (Fsp3) is 0.148. The van der Waals surface area contributed by atoms with Crippen LogP contribution in [0.5, 0.6) is 0 Å². The normalized spacial score (nSPS) is 11.5. The quantitative estimate of drug-likeness (QED) is 0.166. The second kappa shape index (κ2) is 8.96. The highest BCUT2D eigenvalue weighted by Gasteiger charge is 2.15. The van der Waals surface area contributed by atoms with Gasteiger partial charge in [-0.15, -0.1) is 11.3 Å². The summed E-state index contributed by atoms with van der Waals surface area (Å²) in [5.41, 5.74) is 3.64. The van der Waals surface area contributed by atoms with E-state index in [1.54, 1.807) is 0 Å². The summed E-state index contributed by atoms with van der Waals surface area (Å²) in [4.78, 5) is 33.8. The average Bonchev–Trinajstić information content (AvgIpc) is 3.27. The van der Waals surface area contributed by atoms with Crippen molar-refractivity contribution < 1.29 is 4.79 Å². The third-order valence-electron chi connectivity index (χ3n) is 5.72. The van der Waals surface area contributed by atoms with Crippen molar-refractivity contribution >= 4 is 49.9 Å². The number of rotatable bonds is 6. The molecule has 33 heavy (non-hydrogen) atoms. The molecule has 4 nitrogen and oxygen atoms in total. The van der Waals surface area contributed by atoms with Crippen LogP contribution >= 0.6 is 23.1 Å². The molecular formula is C27H22N2O2S2. The zero-order valence-corrected chi connectivity index (χ0v) is 19.9. The Morgan fingerprint density at radius 2 is 1.79 bits per heavy atom. The van der Waals surface area contributed by atoms with Crippen molar-refractivity contribution in [2.75, 3.05) is 5.75 Å². The summed E-state index contributed by atoms with van der Waals surface area (Å²) in [6.07, 6.45) is 0. The molecule has 0 radical (unpaired) electrons. The number of hydrogen-bond donors (Lipinski definition) is 1. The van der Waals surface area contributed by atoms with Crippen LogP contribution in [0.2, 0.25) is 0 Å². The van der Waals surface area contributed by atoms with Gasteiger partial charge in [-0.2, -0.15) is 0 Å². The third-order valence-corrected chi connectivity index (χ3v) is 7.47. The molecule has 5 aromatic rings. The van der Waals surface area contributed by atoms with E-state index in [1.165, 1.54) is 28.7 Å². The number of carbonyl (C=O) groups excluding carboxylic acids is 1. The Balaban J connectivity index is 1.37. The highest BCUT2D eigenvalue weighted by Crippen LogP contribution is 2.32. The monoisotopic (exact) mass is 470 g/mol. The molecule has 0 unspecified atom stereocenters. The first-order chi connectivity index (χ1) is 16.0. The summed E-state index contributed by atoms with van der Waals surface area (Å²) >= 11 is 2.71. The summed E-state index contributed by atoms with van der Waals surface area (Å²) in [6, 6.07) is 22.0. The lowest BCUT2D eigenvalue weighted by Crippen LogP contribution is -2.10. The number of aromatic amines is 1. The van der Waals surface area contributed by atoms with E-state index in [9.17, 15) is 9.59 Å². The van der Waals surface area contributed by atoms with E-state index in [4.69, 9.17) is 0 Å². The van der Waals surface area contributed by atoms with Gasteiger partial charge in [0.25, 0.3) is 5.56 Å². The van der Waals surface area contributed by atoms with Crippen molar-refractivity contribution in [2.45, 2.75) is 24.9 Å². The summed E-state index contributed by atoms with van der Waals surface area (Å²) in [5.74, 6) is 0.674. The maximum absolute atomic E-state index is 12.9. The molecule has 0 amide bonds. The van der Waals surface area contributed by atoms with Crippen LogP contribution in [0.4, 0.5) is 0 Å². The molecule has 0 aliphatic heterocycles. The van der Waals surface area contributed by atoms with Crippen LogP contribution < -0.4 is 5.56 Å². The van der Waals surface area contributed by atoms with Gasteiger partial charge in [-0.25, -0.2) is 4.98 Å². The Kier molecular flexibility index (Phi) is 5.87. The molecule has 1 N–H and O–H groups in total. The number of fused-ring (bicyclic) bond motifs is 2. The van der Waals surface area contributed by atoms with Gasteiger partial charge in [0, 0.05) is 16.5 Å². The second-order valence-corrected chi connectivity index (χ2v) is 10.1. The maximum Gasteiger partial charge on any atom is 0.260 e. The molecule has 6 heteroatoms. The van der Waals surface area contributed by atoms with Gasteiger partial charge in [0.15, 0.2) is 10.9 Å². The van der Waals surface area contributed by atoms with E-state index in [0.717, 1.165) is 21.9 Å². The molecule has 0 atom stereocenters. The predicted molar refractivity (Wildman–Crippen MR) is 139 cm³/mol. The fourth-order valence-electron chi connectivity index (χ4n) is 3.84. The van der Waals surface area contributed by atoms with E-state index in [0.29, 0.717) is 26.9 Å². The number of thiophene rings is 1. The molecule has 2 heterocycles. The van der Waals surface area contributed by atoms with Gasteiger partial charge in [-0.3, -0.25) is 9.59 Å². The van der Waals surface area contributed by atoms with Crippen molar-refractivity contribution in [1.29, 1.82) is 0 Å². The van der Waals surface area contributed by atoms with Crippen LogP contribution in [0.25, 0.3) is 32.1 Å². The van der Waals surface area contributed by atoms with Gasteiger partial charge in [-0.1, -0.05) is 86.3 Å². The largest absolute Gasteiger partial charge is 0.301 e.